The molecular weight excluding hydrogens is 306 g/mol. The number of aromatic nitrogens is 2. The van der Waals surface area contributed by atoms with Gasteiger partial charge < -0.3 is 14.5 Å². The summed E-state index contributed by atoms with van der Waals surface area (Å²) >= 11 is 1.54. The molecule has 2 aromatic rings. The first-order valence-corrected chi connectivity index (χ1v) is 7.97. The molecule has 2 aromatic heterocycles. The molecule has 1 aliphatic rings. The minimum absolute atomic E-state index is 0.176. The number of nitrogens with zero attached hydrogens (tertiary/aromatic N) is 3. The Labute approximate surface area is 130 Å². The van der Waals surface area contributed by atoms with Gasteiger partial charge in [-0.2, -0.15) is 16.3 Å². The lowest BCUT2D eigenvalue weighted by Gasteiger charge is -2.20. The quantitative estimate of drug-likeness (QED) is 0.902. The molecule has 1 amide bonds. The largest absolute Gasteiger partial charge is 0.480 e. The van der Waals surface area contributed by atoms with E-state index >= 15 is 0 Å². The van der Waals surface area contributed by atoms with Crippen LogP contribution in [0.4, 0.5) is 0 Å². The number of likely N-dealkylation sites (tertiary alicyclic amines) is 1. The van der Waals surface area contributed by atoms with Crippen LogP contribution in [0, 0.1) is 0 Å². The number of hydrogen-bond acceptors (Lipinski definition) is 6. The van der Waals surface area contributed by atoms with Gasteiger partial charge in [-0.25, -0.2) is 4.79 Å². The van der Waals surface area contributed by atoms with Gasteiger partial charge in [0, 0.05) is 30.3 Å². The Hall–Kier alpha value is -2.22. The Bertz CT molecular complexity index is 667. The van der Waals surface area contributed by atoms with Gasteiger partial charge in [0.1, 0.15) is 6.04 Å². The number of carboxylic acid groups (broad SMARTS) is 1. The first kappa shape index (κ1) is 14.7. The van der Waals surface area contributed by atoms with Crippen molar-refractivity contribution in [2.24, 2.45) is 0 Å². The van der Waals surface area contributed by atoms with Crippen LogP contribution in [0.25, 0.3) is 11.4 Å². The van der Waals surface area contributed by atoms with Gasteiger partial charge in [0.25, 0.3) is 0 Å². The number of carbonyl (C=O) groups is 2. The van der Waals surface area contributed by atoms with Crippen LogP contribution in [0.5, 0.6) is 0 Å². The summed E-state index contributed by atoms with van der Waals surface area (Å²) < 4.78 is 5.13. The zero-order valence-electron chi connectivity index (χ0n) is 11.8. The average molecular weight is 321 g/mol. The zero-order chi connectivity index (χ0) is 15.5. The lowest BCUT2D eigenvalue weighted by molar-refractivity contribution is -0.148. The molecule has 0 bridgehead atoms. The van der Waals surface area contributed by atoms with Crippen LogP contribution in [-0.2, 0) is 16.0 Å². The predicted octanol–water partition coefficient (Wildman–Crippen LogP) is 1.81. The van der Waals surface area contributed by atoms with E-state index < -0.39 is 12.0 Å². The third kappa shape index (κ3) is 3.01. The highest BCUT2D eigenvalue weighted by Crippen LogP contribution is 2.21. The van der Waals surface area contributed by atoms with Crippen molar-refractivity contribution >= 4 is 23.2 Å². The van der Waals surface area contributed by atoms with E-state index in [4.69, 9.17) is 9.63 Å². The van der Waals surface area contributed by atoms with E-state index in [1.807, 2.05) is 16.8 Å². The molecule has 1 N–H and O–H groups in total. The monoisotopic (exact) mass is 321 g/mol. The lowest BCUT2D eigenvalue weighted by Crippen LogP contribution is -2.40. The molecule has 0 saturated carbocycles. The SMILES string of the molecule is O=C(O)C1CCCN1C(=O)CCc1nc(-c2ccsc2)no1. The summed E-state index contributed by atoms with van der Waals surface area (Å²) in [6, 6.07) is 1.20. The first-order chi connectivity index (χ1) is 10.6. The number of amides is 1. The summed E-state index contributed by atoms with van der Waals surface area (Å²) in [7, 11) is 0. The van der Waals surface area contributed by atoms with Gasteiger partial charge in [-0.1, -0.05) is 5.16 Å². The minimum Gasteiger partial charge on any atom is -0.480 e. The van der Waals surface area contributed by atoms with Crippen molar-refractivity contribution in [2.75, 3.05) is 6.54 Å². The number of carboxylic acids is 1. The third-order valence-corrected chi connectivity index (χ3v) is 4.34. The fourth-order valence-electron chi connectivity index (χ4n) is 2.54. The summed E-state index contributed by atoms with van der Waals surface area (Å²) in [5.74, 6) is -0.225. The van der Waals surface area contributed by atoms with Gasteiger partial charge in [-0.3, -0.25) is 4.79 Å². The van der Waals surface area contributed by atoms with Gasteiger partial charge in [0.05, 0.1) is 0 Å². The fourth-order valence-corrected chi connectivity index (χ4v) is 3.18. The molecule has 1 aliphatic heterocycles. The summed E-state index contributed by atoms with van der Waals surface area (Å²) in [6.07, 6.45) is 1.74. The molecule has 8 heteroatoms. The number of rotatable bonds is 5. The zero-order valence-corrected chi connectivity index (χ0v) is 12.6. The van der Waals surface area contributed by atoms with Gasteiger partial charge in [-0.15, -0.1) is 0 Å². The number of thiophene rings is 1. The standard InChI is InChI=1S/C14H15N3O4S/c18-12(17-6-1-2-10(17)14(19)20)4-3-11-15-13(16-21-11)9-5-7-22-8-9/h5,7-8,10H,1-4,6H2,(H,19,20). The molecule has 0 aliphatic carbocycles. The second-order valence-corrected chi connectivity index (χ2v) is 5.89. The smallest absolute Gasteiger partial charge is 0.326 e. The summed E-state index contributed by atoms with van der Waals surface area (Å²) in [6.45, 7) is 0.500. The number of carbonyl (C=O) groups excluding carboxylic acids is 1. The Morgan fingerprint density at radius 2 is 2.36 bits per heavy atom. The van der Waals surface area contributed by atoms with Crippen LogP contribution < -0.4 is 0 Å². The van der Waals surface area contributed by atoms with Crippen LogP contribution in [-0.4, -0.2) is 44.6 Å². The van der Waals surface area contributed by atoms with Crippen molar-refractivity contribution in [3.05, 3.63) is 22.7 Å². The molecular formula is C14H15N3O4S. The fraction of sp³-hybridized carbons (Fsp3) is 0.429. The second kappa shape index (κ2) is 6.27. The van der Waals surface area contributed by atoms with E-state index in [1.54, 1.807) is 11.3 Å². The van der Waals surface area contributed by atoms with Crippen LogP contribution in [0.1, 0.15) is 25.2 Å². The summed E-state index contributed by atoms with van der Waals surface area (Å²) in [5.41, 5.74) is 0.886. The molecule has 0 spiro atoms. The van der Waals surface area contributed by atoms with Crippen molar-refractivity contribution in [2.45, 2.75) is 31.7 Å². The molecule has 0 aromatic carbocycles. The number of aryl methyl sites for hydroxylation is 1. The predicted molar refractivity (Wildman–Crippen MR) is 78.3 cm³/mol. The minimum atomic E-state index is -0.941. The molecule has 22 heavy (non-hydrogen) atoms. The maximum Gasteiger partial charge on any atom is 0.326 e. The molecule has 1 fully saturated rings. The van der Waals surface area contributed by atoms with E-state index in [9.17, 15) is 9.59 Å². The van der Waals surface area contributed by atoms with Crippen molar-refractivity contribution in [1.29, 1.82) is 0 Å². The van der Waals surface area contributed by atoms with Crippen LogP contribution in [0.15, 0.2) is 21.3 Å². The Morgan fingerprint density at radius 3 is 3.09 bits per heavy atom. The number of aliphatic carboxylic acids is 1. The third-order valence-electron chi connectivity index (χ3n) is 3.66. The topological polar surface area (TPSA) is 96.5 Å². The van der Waals surface area contributed by atoms with E-state index in [-0.39, 0.29) is 12.3 Å². The van der Waals surface area contributed by atoms with Crippen LogP contribution >= 0.6 is 11.3 Å². The normalized spacial score (nSPS) is 17.8. The summed E-state index contributed by atoms with van der Waals surface area (Å²) in [5, 5.41) is 16.8. The highest BCUT2D eigenvalue weighted by atomic mass is 32.1. The van der Waals surface area contributed by atoms with Gasteiger partial charge in [0.2, 0.25) is 17.6 Å². The maximum atomic E-state index is 12.1. The van der Waals surface area contributed by atoms with Crippen molar-refractivity contribution in [3.63, 3.8) is 0 Å². The van der Waals surface area contributed by atoms with E-state index in [0.29, 0.717) is 31.1 Å². The Kier molecular flexibility index (Phi) is 4.19. The molecule has 1 saturated heterocycles. The lowest BCUT2D eigenvalue weighted by atomic mass is 10.2. The molecule has 3 heterocycles. The number of hydrogen-bond donors (Lipinski definition) is 1. The first-order valence-electron chi connectivity index (χ1n) is 7.02. The van der Waals surface area contributed by atoms with Gasteiger partial charge >= 0.3 is 5.97 Å². The molecule has 116 valence electrons. The van der Waals surface area contributed by atoms with E-state index in [0.717, 1.165) is 12.0 Å². The molecule has 0 radical (unpaired) electrons. The average Bonchev–Trinajstić information content (AvgIpc) is 3.23. The maximum absolute atomic E-state index is 12.1. The highest BCUT2D eigenvalue weighted by molar-refractivity contribution is 7.08. The Balaban J connectivity index is 1.58. The van der Waals surface area contributed by atoms with Gasteiger partial charge in [-0.05, 0) is 24.3 Å². The van der Waals surface area contributed by atoms with E-state index in [2.05, 4.69) is 10.1 Å². The van der Waals surface area contributed by atoms with Crippen molar-refractivity contribution < 1.29 is 19.2 Å². The summed E-state index contributed by atoms with van der Waals surface area (Å²) in [4.78, 5) is 28.9. The van der Waals surface area contributed by atoms with Crippen molar-refractivity contribution in [1.82, 2.24) is 15.0 Å². The molecule has 3 rings (SSSR count). The second-order valence-electron chi connectivity index (χ2n) is 5.11. The Morgan fingerprint density at radius 1 is 1.50 bits per heavy atom. The molecule has 1 unspecified atom stereocenters. The molecule has 1 atom stereocenters. The van der Waals surface area contributed by atoms with Gasteiger partial charge in [0.15, 0.2) is 0 Å². The van der Waals surface area contributed by atoms with Crippen LogP contribution in [0.2, 0.25) is 0 Å². The van der Waals surface area contributed by atoms with Crippen LogP contribution in [0.3, 0.4) is 0 Å². The van der Waals surface area contributed by atoms with Crippen molar-refractivity contribution in [3.8, 4) is 11.4 Å². The highest BCUT2D eigenvalue weighted by Gasteiger charge is 2.33. The molecule has 7 nitrogen and oxygen atoms in total. The van der Waals surface area contributed by atoms with E-state index in [1.165, 1.54) is 4.90 Å².